The van der Waals surface area contributed by atoms with Crippen LogP contribution in [0.1, 0.15) is 33.1 Å². The van der Waals surface area contributed by atoms with Crippen molar-refractivity contribution in [3.05, 3.63) is 43.8 Å². The van der Waals surface area contributed by atoms with Crippen LogP contribution in [0.3, 0.4) is 0 Å². The Morgan fingerprint density at radius 2 is 1.87 bits per heavy atom. The highest BCUT2D eigenvalue weighted by Gasteiger charge is 2.28. The van der Waals surface area contributed by atoms with Gasteiger partial charge in [0.1, 0.15) is 0 Å². The van der Waals surface area contributed by atoms with Crippen LogP contribution >= 0.6 is 22.7 Å². The zero-order valence-corrected chi connectivity index (χ0v) is 14.6. The highest BCUT2D eigenvalue weighted by Crippen LogP contribution is 2.33. The molecule has 0 saturated heterocycles. The first-order valence-corrected chi connectivity index (χ1v) is 9.91. The van der Waals surface area contributed by atoms with E-state index in [1.165, 1.54) is 20.9 Å². The van der Waals surface area contributed by atoms with Crippen LogP contribution in [0, 0.1) is 0 Å². The van der Waals surface area contributed by atoms with Crippen molar-refractivity contribution in [2.75, 3.05) is 26.2 Å². The number of hydrogen-bond acceptors (Lipinski definition) is 6. The number of rotatable bonds is 5. The van der Waals surface area contributed by atoms with Gasteiger partial charge in [0.2, 0.25) is 0 Å². The van der Waals surface area contributed by atoms with Crippen LogP contribution in [-0.2, 0) is 22.3 Å². The molecule has 2 aromatic rings. The lowest BCUT2D eigenvalue weighted by molar-refractivity contribution is -0.0214. The topological polar surface area (TPSA) is 56.5 Å². The lowest BCUT2D eigenvalue weighted by Crippen LogP contribution is -2.38. The Kier molecular flexibility index (Phi) is 4.80. The van der Waals surface area contributed by atoms with Gasteiger partial charge in [-0.15, -0.1) is 22.7 Å². The number of nitrogens with two attached hydrogens (primary N) is 1. The van der Waals surface area contributed by atoms with E-state index in [4.69, 9.17) is 15.2 Å². The van der Waals surface area contributed by atoms with E-state index in [0.717, 1.165) is 32.5 Å². The third-order valence-electron chi connectivity index (χ3n) is 4.59. The fraction of sp³-hybridized carbons (Fsp3) is 0.529. The van der Waals surface area contributed by atoms with Crippen molar-refractivity contribution in [2.24, 2.45) is 5.73 Å². The summed E-state index contributed by atoms with van der Waals surface area (Å²) >= 11 is 3.66. The molecule has 3 atom stereocenters. The second-order valence-corrected chi connectivity index (χ2v) is 8.05. The summed E-state index contributed by atoms with van der Waals surface area (Å²) in [5.41, 5.74) is 8.51. The first kappa shape index (κ1) is 15.7. The fourth-order valence-electron chi connectivity index (χ4n) is 3.44. The van der Waals surface area contributed by atoms with Gasteiger partial charge in [-0.2, -0.15) is 0 Å². The van der Waals surface area contributed by atoms with Gasteiger partial charge in [-0.05, 0) is 34.0 Å². The van der Waals surface area contributed by atoms with Crippen LogP contribution in [0.25, 0.3) is 0 Å². The van der Waals surface area contributed by atoms with Gasteiger partial charge in [0.05, 0.1) is 24.9 Å². The second kappa shape index (κ2) is 7.01. The Hall–Kier alpha value is -0.760. The number of ether oxygens (including phenoxy) is 2. The Bertz CT molecular complexity index is 655. The molecule has 0 spiro atoms. The molecule has 2 aromatic heterocycles. The normalized spacial score (nSPS) is 26.7. The maximum Gasteiger partial charge on any atom is 0.0962 e. The number of hydrogen-bond donors (Lipinski definition) is 2. The minimum Gasteiger partial charge on any atom is -0.372 e. The molecule has 6 heteroatoms. The van der Waals surface area contributed by atoms with E-state index >= 15 is 0 Å². The highest BCUT2D eigenvalue weighted by molar-refractivity contribution is 7.10. The summed E-state index contributed by atoms with van der Waals surface area (Å²) in [6.07, 6.45) is 2.45. The first-order valence-electron chi connectivity index (χ1n) is 8.15. The quantitative estimate of drug-likeness (QED) is 0.870. The van der Waals surface area contributed by atoms with Crippen LogP contribution in [0.5, 0.6) is 0 Å². The molecule has 0 aliphatic carbocycles. The van der Waals surface area contributed by atoms with Gasteiger partial charge >= 0.3 is 0 Å². The van der Waals surface area contributed by atoms with E-state index in [-0.39, 0.29) is 18.3 Å². The van der Waals surface area contributed by atoms with Gasteiger partial charge in [0.25, 0.3) is 0 Å². The Morgan fingerprint density at radius 1 is 1.09 bits per heavy atom. The van der Waals surface area contributed by atoms with Crippen molar-refractivity contribution in [1.82, 2.24) is 5.32 Å². The van der Waals surface area contributed by atoms with Crippen molar-refractivity contribution < 1.29 is 9.47 Å². The summed E-state index contributed by atoms with van der Waals surface area (Å²) < 4.78 is 12.1. The summed E-state index contributed by atoms with van der Waals surface area (Å²) in [4.78, 5) is 2.90. The van der Waals surface area contributed by atoms with E-state index in [1.54, 1.807) is 0 Å². The molecule has 3 N–H and O–H groups in total. The molecule has 0 radical (unpaired) electrons. The summed E-state index contributed by atoms with van der Waals surface area (Å²) in [6, 6.07) is 4.35. The maximum absolute atomic E-state index is 6.14. The van der Waals surface area contributed by atoms with Crippen molar-refractivity contribution in [3.8, 4) is 0 Å². The van der Waals surface area contributed by atoms with Crippen LogP contribution in [0.4, 0.5) is 0 Å². The van der Waals surface area contributed by atoms with E-state index in [2.05, 4.69) is 28.2 Å². The standard InChI is InChI=1S/C17H22N2O2S2/c18-8-14-12-2-6-23-17(12)7-11(21-14)9-19-10-15-13-3-5-22-16(13)1-4-20-15/h2-3,5-6,11,14-15,19H,1,4,7-10,18H2/t11?,14-,15?/m0/s1. The lowest BCUT2D eigenvalue weighted by Gasteiger charge is -2.30. The molecule has 0 saturated carbocycles. The zero-order chi connectivity index (χ0) is 15.6. The minimum absolute atomic E-state index is 0.0474. The molecule has 2 aliphatic rings. The van der Waals surface area contributed by atoms with Crippen molar-refractivity contribution in [2.45, 2.75) is 31.2 Å². The largest absolute Gasteiger partial charge is 0.372 e. The van der Waals surface area contributed by atoms with Crippen molar-refractivity contribution in [1.29, 1.82) is 0 Å². The molecule has 2 aliphatic heterocycles. The lowest BCUT2D eigenvalue weighted by atomic mass is 10.0. The monoisotopic (exact) mass is 350 g/mol. The summed E-state index contributed by atoms with van der Waals surface area (Å²) in [5, 5.41) is 7.85. The molecule has 0 bridgehead atoms. The molecule has 124 valence electrons. The predicted octanol–water partition coefficient (Wildman–Crippen LogP) is 2.65. The van der Waals surface area contributed by atoms with E-state index in [9.17, 15) is 0 Å². The molecular weight excluding hydrogens is 328 g/mol. The molecule has 0 aromatic carbocycles. The SMILES string of the molecule is NC[C@@H]1OC(CNCC2OCCc3sccc32)Cc2sccc21. The first-order chi connectivity index (χ1) is 11.3. The number of thiophene rings is 2. The average molecular weight is 351 g/mol. The van der Waals surface area contributed by atoms with Crippen LogP contribution < -0.4 is 11.1 Å². The molecule has 4 nitrogen and oxygen atoms in total. The molecule has 0 fully saturated rings. The Morgan fingerprint density at radius 3 is 2.70 bits per heavy atom. The fourth-order valence-corrected chi connectivity index (χ4v) is 5.35. The van der Waals surface area contributed by atoms with Crippen molar-refractivity contribution in [3.63, 3.8) is 0 Å². The van der Waals surface area contributed by atoms with Gasteiger partial charge in [0.15, 0.2) is 0 Å². The Labute approximate surface area is 144 Å². The van der Waals surface area contributed by atoms with Gasteiger partial charge in [-0.1, -0.05) is 0 Å². The van der Waals surface area contributed by atoms with Gasteiger partial charge in [0, 0.05) is 42.2 Å². The van der Waals surface area contributed by atoms with Crippen LogP contribution in [0.2, 0.25) is 0 Å². The third-order valence-corrected chi connectivity index (χ3v) is 6.54. The van der Waals surface area contributed by atoms with E-state index in [0.29, 0.717) is 6.54 Å². The Balaban J connectivity index is 1.33. The predicted molar refractivity (Wildman–Crippen MR) is 94.3 cm³/mol. The van der Waals surface area contributed by atoms with Gasteiger partial charge in [-0.25, -0.2) is 0 Å². The zero-order valence-electron chi connectivity index (χ0n) is 13.0. The highest BCUT2D eigenvalue weighted by atomic mass is 32.1. The molecule has 23 heavy (non-hydrogen) atoms. The molecule has 0 amide bonds. The minimum atomic E-state index is 0.0474. The second-order valence-electron chi connectivity index (χ2n) is 6.05. The summed E-state index contributed by atoms with van der Waals surface area (Å²) in [5.74, 6) is 0. The van der Waals surface area contributed by atoms with Gasteiger partial charge in [-0.3, -0.25) is 0 Å². The van der Waals surface area contributed by atoms with Crippen LogP contribution in [0.15, 0.2) is 22.9 Å². The maximum atomic E-state index is 6.14. The van der Waals surface area contributed by atoms with Crippen molar-refractivity contribution >= 4 is 22.7 Å². The average Bonchev–Trinajstić information content (AvgIpc) is 3.23. The van der Waals surface area contributed by atoms with Crippen LogP contribution in [-0.4, -0.2) is 32.3 Å². The summed E-state index contributed by atoms with van der Waals surface area (Å²) in [6.45, 7) is 3.05. The van der Waals surface area contributed by atoms with Gasteiger partial charge < -0.3 is 20.5 Å². The molecule has 4 heterocycles. The molecule has 2 unspecified atom stereocenters. The number of fused-ring (bicyclic) bond motifs is 2. The smallest absolute Gasteiger partial charge is 0.0962 e. The summed E-state index contributed by atoms with van der Waals surface area (Å²) in [7, 11) is 0. The van der Waals surface area contributed by atoms with E-state index in [1.807, 2.05) is 22.7 Å². The number of nitrogens with one attached hydrogen (secondary N) is 1. The molecular formula is C17H22N2O2S2. The van der Waals surface area contributed by atoms with E-state index < -0.39 is 0 Å². The molecule has 4 rings (SSSR count). The third kappa shape index (κ3) is 3.24.